The Morgan fingerprint density at radius 3 is 2.88 bits per heavy atom. The summed E-state index contributed by atoms with van der Waals surface area (Å²) in [6, 6.07) is 13.2. The summed E-state index contributed by atoms with van der Waals surface area (Å²) in [5.74, 6) is 1.01. The van der Waals surface area contributed by atoms with Crippen molar-refractivity contribution in [3.8, 4) is 6.07 Å². The van der Waals surface area contributed by atoms with E-state index in [4.69, 9.17) is 28.5 Å². The largest absolute Gasteiger partial charge is 0.272 e. The van der Waals surface area contributed by atoms with Crippen molar-refractivity contribution in [2.75, 3.05) is 0 Å². The van der Waals surface area contributed by atoms with E-state index in [2.05, 4.69) is 16.3 Å². The molecule has 2 aromatic carbocycles. The van der Waals surface area contributed by atoms with E-state index in [0.29, 0.717) is 33.9 Å². The maximum absolute atomic E-state index is 13.7. The Balaban J connectivity index is 1.21. The first-order valence-electron chi connectivity index (χ1n) is 11.1. The monoisotopic (exact) mass is 477 g/mol. The molecule has 0 N–H and O–H groups in total. The third-order valence-electron chi connectivity index (χ3n) is 7.64. The van der Waals surface area contributed by atoms with Crippen LogP contribution in [0, 0.1) is 28.6 Å². The number of benzene rings is 2. The lowest BCUT2D eigenvalue weighted by molar-refractivity contribution is -0.148. The van der Waals surface area contributed by atoms with Crippen molar-refractivity contribution in [2.45, 2.75) is 38.3 Å². The van der Waals surface area contributed by atoms with Crippen molar-refractivity contribution in [3.05, 3.63) is 63.8 Å². The van der Waals surface area contributed by atoms with Crippen LogP contribution in [0.2, 0.25) is 10.0 Å². The summed E-state index contributed by atoms with van der Waals surface area (Å²) >= 11 is 12.7. The van der Waals surface area contributed by atoms with Gasteiger partial charge in [-0.1, -0.05) is 35.3 Å². The third kappa shape index (κ3) is 3.18. The molecule has 7 rings (SSSR count). The lowest BCUT2D eigenvalue weighted by Crippen LogP contribution is -2.45. The van der Waals surface area contributed by atoms with E-state index in [0.717, 1.165) is 42.3 Å². The van der Waals surface area contributed by atoms with E-state index in [1.165, 1.54) is 0 Å². The average Bonchev–Trinajstić information content (AvgIpc) is 3.57. The molecule has 6 nitrogen and oxygen atoms in total. The van der Waals surface area contributed by atoms with Gasteiger partial charge in [0.2, 0.25) is 5.91 Å². The Hall–Kier alpha value is -2.88. The van der Waals surface area contributed by atoms with Gasteiger partial charge in [0.1, 0.15) is 0 Å². The molecular weight excluding hydrogens is 457 g/mol. The second-order valence-corrected chi connectivity index (χ2v) is 10.3. The van der Waals surface area contributed by atoms with Gasteiger partial charge < -0.3 is 0 Å². The molecule has 3 aromatic rings. The zero-order chi connectivity index (χ0) is 22.7. The molecule has 0 radical (unpaired) electrons. The van der Waals surface area contributed by atoms with Crippen molar-refractivity contribution in [2.24, 2.45) is 22.4 Å². The first-order chi connectivity index (χ1) is 16.0. The van der Waals surface area contributed by atoms with Gasteiger partial charge in [0, 0.05) is 24.6 Å². The molecule has 3 fully saturated rings. The Kier molecular flexibility index (Phi) is 4.76. The van der Waals surface area contributed by atoms with Gasteiger partial charge in [0.05, 0.1) is 44.8 Å². The number of carbonyl (C=O) groups excluding carboxylic acids is 1. The molecule has 1 amide bonds. The van der Waals surface area contributed by atoms with Gasteiger partial charge in [-0.25, -0.2) is 5.01 Å². The SMILES string of the molecule is N#Cc1ccc2c(cnn2C[C@@H]2CC3(C(=O)N4N=CCC4c4cccc(Cl)c4Cl)CC2C3)c1. The van der Waals surface area contributed by atoms with E-state index in [9.17, 15) is 4.79 Å². The topological polar surface area (TPSA) is 74.3 Å². The predicted molar refractivity (Wildman–Crippen MR) is 127 cm³/mol. The highest BCUT2D eigenvalue weighted by molar-refractivity contribution is 6.42. The van der Waals surface area contributed by atoms with Gasteiger partial charge in [-0.3, -0.25) is 9.48 Å². The number of hydrazone groups is 1. The summed E-state index contributed by atoms with van der Waals surface area (Å²) in [5.41, 5.74) is 2.15. The maximum atomic E-state index is 13.7. The van der Waals surface area contributed by atoms with E-state index >= 15 is 0 Å². The molecule has 4 aliphatic rings. The van der Waals surface area contributed by atoms with Crippen LogP contribution < -0.4 is 0 Å². The van der Waals surface area contributed by atoms with E-state index in [1.807, 2.05) is 41.2 Å². The molecule has 1 aromatic heterocycles. The maximum Gasteiger partial charge on any atom is 0.249 e. The minimum absolute atomic E-state index is 0.0972. The van der Waals surface area contributed by atoms with Gasteiger partial charge in [0.15, 0.2) is 0 Å². The number of carbonyl (C=O) groups is 1. The van der Waals surface area contributed by atoms with Crippen LogP contribution in [0.25, 0.3) is 10.9 Å². The Labute approximate surface area is 201 Å². The molecule has 0 spiro atoms. The average molecular weight is 478 g/mol. The first-order valence-corrected chi connectivity index (χ1v) is 11.9. The zero-order valence-electron chi connectivity index (χ0n) is 17.8. The second kappa shape index (κ2) is 7.58. The molecule has 2 atom stereocenters. The minimum Gasteiger partial charge on any atom is -0.272 e. The van der Waals surface area contributed by atoms with Crippen LogP contribution >= 0.6 is 23.2 Å². The molecule has 2 bridgehead atoms. The van der Waals surface area contributed by atoms with E-state index in [-0.39, 0.29) is 17.4 Å². The van der Waals surface area contributed by atoms with Crippen LogP contribution in [0.3, 0.4) is 0 Å². The quantitative estimate of drug-likeness (QED) is 0.491. The number of nitriles is 1. The standard InChI is InChI=1S/C25H21Cl2N5O/c26-20-3-1-2-19(23(20)27)22-6-7-29-32(22)24(33)25-9-17(10-25)18(11-25)14-31-21-5-4-15(12-28)8-16(21)13-30-31/h1-5,7-8,13,17-18,22H,6,9-11,14H2/t17?,18-,22?,25?/m0/s1. The van der Waals surface area contributed by atoms with Crippen molar-refractivity contribution in [1.82, 2.24) is 14.8 Å². The predicted octanol–water partition coefficient (Wildman–Crippen LogP) is 5.59. The van der Waals surface area contributed by atoms with Crippen molar-refractivity contribution >= 4 is 46.2 Å². The van der Waals surface area contributed by atoms with E-state index < -0.39 is 0 Å². The normalized spacial score (nSPS) is 27.7. The number of fused-ring (bicyclic) bond motifs is 2. The van der Waals surface area contributed by atoms with Crippen LogP contribution in [0.5, 0.6) is 0 Å². The summed E-state index contributed by atoms with van der Waals surface area (Å²) in [6.45, 7) is 0.780. The van der Waals surface area contributed by atoms with Crippen molar-refractivity contribution in [3.63, 3.8) is 0 Å². The lowest BCUT2D eigenvalue weighted by atomic mass is 9.68. The van der Waals surface area contributed by atoms with Crippen molar-refractivity contribution in [1.29, 1.82) is 5.26 Å². The number of aromatic nitrogens is 2. The zero-order valence-corrected chi connectivity index (χ0v) is 19.3. The minimum atomic E-state index is -0.350. The Morgan fingerprint density at radius 1 is 1.21 bits per heavy atom. The summed E-state index contributed by atoms with van der Waals surface area (Å²) < 4.78 is 2.02. The fourth-order valence-corrected chi connectivity index (χ4v) is 6.43. The molecule has 1 unspecified atom stereocenters. The third-order valence-corrected chi connectivity index (χ3v) is 8.47. The van der Waals surface area contributed by atoms with Crippen LogP contribution in [0.4, 0.5) is 0 Å². The fourth-order valence-electron chi connectivity index (χ4n) is 6.00. The van der Waals surface area contributed by atoms with Crippen LogP contribution in [-0.4, -0.2) is 26.9 Å². The molecular formula is C25H21Cl2N5O. The Bertz CT molecular complexity index is 1350. The summed E-state index contributed by atoms with van der Waals surface area (Å²) in [7, 11) is 0. The summed E-state index contributed by atoms with van der Waals surface area (Å²) in [5, 5.41) is 21.7. The lowest BCUT2D eigenvalue weighted by Gasteiger charge is -2.40. The highest BCUT2D eigenvalue weighted by Crippen LogP contribution is 2.63. The summed E-state index contributed by atoms with van der Waals surface area (Å²) in [6.07, 6.45) is 6.89. The Morgan fingerprint density at radius 2 is 2.06 bits per heavy atom. The van der Waals surface area contributed by atoms with Gasteiger partial charge in [0.25, 0.3) is 0 Å². The molecule has 166 valence electrons. The smallest absolute Gasteiger partial charge is 0.249 e. The fraction of sp³-hybridized carbons (Fsp3) is 0.360. The highest BCUT2D eigenvalue weighted by atomic mass is 35.5. The number of rotatable bonds is 4. The van der Waals surface area contributed by atoms with Crippen LogP contribution in [0.1, 0.15) is 42.9 Å². The number of halogens is 2. The molecule has 8 heteroatoms. The number of hydrogen-bond acceptors (Lipinski definition) is 4. The van der Waals surface area contributed by atoms with Crippen molar-refractivity contribution < 1.29 is 4.79 Å². The molecule has 1 aliphatic heterocycles. The highest BCUT2D eigenvalue weighted by Gasteiger charge is 2.62. The van der Waals surface area contributed by atoms with Gasteiger partial charge >= 0.3 is 0 Å². The molecule has 3 saturated carbocycles. The number of nitrogens with zero attached hydrogens (tertiary/aromatic N) is 5. The van der Waals surface area contributed by atoms with E-state index in [1.54, 1.807) is 17.3 Å². The molecule has 33 heavy (non-hydrogen) atoms. The number of amides is 1. The van der Waals surface area contributed by atoms with Crippen LogP contribution in [0.15, 0.2) is 47.7 Å². The van der Waals surface area contributed by atoms with Gasteiger partial charge in [-0.05, 0) is 60.9 Å². The second-order valence-electron chi connectivity index (χ2n) is 9.47. The molecule has 3 aliphatic carbocycles. The number of hydrogen-bond donors (Lipinski definition) is 0. The first kappa shape index (κ1) is 20.7. The molecule has 2 heterocycles. The van der Waals surface area contributed by atoms with Gasteiger partial charge in [-0.2, -0.15) is 15.5 Å². The van der Waals surface area contributed by atoms with Crippen LogP contribution in [-0.2, 0) is 11.3 Å². The summed E-state index contributed by atoms with van der Waals surface area (Å²) in [4.78, 5) is 13.7. The van der Waals surface area contributed by atoms with Gasteiger partial charge in [-0.15, -0.1) is 0 Å². The molecule has 0 saturated heterocycles.